The molecule has 1 aromatic rings. The standard InChI is InChI=1S/C7H7BrN2O2/c8-6-1-2-9-7(10-6)12-5-3-11-4-5/h1-2,5H,3-4H2/i1D,2D. The summed E-state index contributed by atoms with van der Waals surface area (Å²) < 4.78 is 25.2. The summed E-state index contributed by atoms with van der Waals surface area (Å²) >= 11 is 3.06. The monoisotopic (exact) mass is 232 g/mol. The number of ether oxygens (including phenoxy) is 2. The first-order valence-electron chi connectivity index (χ1n) is 4.42. The van der Waals surface area contributed by atoms with E-state index in [4.69, 9.17) is 12.2 Å². The SMILES string of the molecule is [2H]c1nc(OC2COC2)nc(Br)c1[2H]. The van der Waals surface area contributed by atoms with Crippen LogP contribution >= 0.6 is 15.9 Å². The van der Waals surface area contributed by atoms with Gasteiger partial charge in [-0.1, -0.05) is 0 Å². The summed E-state index contributed by atoms with van der Waals surface area (Å²) in [5.41, 5.74) is 0. The summed E-state index contributed by atoms with van der Waals surface area (Å²) in [6.45, 7) is 1.05. The normalized spacial score (nSPS) is 19.4. The van der Waals surface area contributed by atoms with Crippen molar-refractivity contribution in [2.24, 2.45) is 0 Å². The average Bonchev–Trinajstić information content (AvgIpc) is 2.07. The number of halogens is 1. The lowest BCUT2D eigenvalue weighted by molar-refractivity contribution is -0.0831. The van der Waals surface area contributed by atoms with Crippen LogP contribution in [0.4, 0.5) is 0 Å². The fourth-order valence-corrected chi connectivity index (χ4v) is 0.983. The Balaban J connectivity index is 2.17. The zero-order valence-corrected chi connectivity index (χ0v) is 7.67. The molecule has 0 amide bonds. The Morgan fingerprint density at radius 1 is 1.75 bits per heavy atom. The number of aromatic nitrogens is 2. The summed E-state index contributed by atoms with van der Waals surface area (Å²) in [6.07, 6.45) is -0.181. The van der Waals surface area contributed by atoms with Gasteiger partial charge >= 0.3 is 6.01 Å². The van der Waals surface area contributed by atoms with Gasteiger partial charge in [0.1, 0.15) is 10.7 Å². The fourth-order valence-electron chi connectivity index (χ4n) is 0.743. The van der Waals surface area contributed by atoms with E-state index in [1.165, 1.54) is 0 Å². The molecule has 0 saturated carbocycles. The van der Waals surface area contributed by atoms with Gasteiger partial charge in [0.15, 0.2) is 0 Å². The van der Waals surface area contributed by atoms with Crippen molar-refractivity contribution in [2.75, 3.05) is 13.2 Å². The molecule has 0 spiro atoms. The van der Waals surface area contributed by atoms with Crippen LogP contribution in [0, 0.1) is 0 Å². The Morgan fingerprint density at radius 3 is 3.17 bits per heavy atom. The maximum atomic E-state index is 7.34. The predicted molar refractivity (Wildman–Crippen MR) is 45.0 cm³/mol. The zero-order chi connectivity index (χ0) is 10.1. The van der Waals surface area contributed by atoms with E-state index < -0.39 is 0 Å². The largest absolute Gasteiger partial charge is 0.455 e. The molecule has 1 aliphatic rings. The fraction of sp³-hybridized carbons (Fsp3) is 0.429. The molecule has 1 aliphatic heterocycles. The molecule has 0 atom stereocenters. The third kappa shape index (κ3) is 1.73. The van der Waals surface area contributed by atoms with Gasteiger partial charge in [-0.15, -0.1) is 0 Å². The minimum Gasteiger partial charge on any atom is -0.455 e. The number of rotatable bonds is 2. The van der Waals surface area contributed by atoms with Crippen LogP contribution in [0.3, 0.4) is 0 Å². The summed E-state index contributed by atoms with van der Waals surface area (Å²) in [7, 11) is 0. The molecule has 12 heavy (non-hydrogen) atoms. The molecule has 1 saturated heterocycles. The molecule has 5 heteroatoms. The van der Waals surface area contributed by atoms with Crippen LogP contribution in [0.2, 0.25) is 0 Å². The van der Waals surface area contributed by atoms with Gasteiger partial charge < -0.3 is 9.47 Å². The molecule has 0 N–H and O–H groups in total. The highest BCUT2D eigenvalue weighted by Crippen LogP contribution is 2.13. The molecular weight excluding hydrogens is 224 g/mol. The van der Waals surface area contributed by atoms with Crippen molar-refractivity contribution >= 4 is 15.9 Å². The van der Waals surface area contributed by atoms with Gasteiger partial charge in [-0.2, -0.15) is 4.98 Å². The minimum absolute atomic E-state index is 0.0297. The molecule has 1 fully saturated rings. The van der Waals surface area contributed by atoms with Gasteiger partial charge in [-0.3, -0.25) is 0 Å². The van der Waals surface area contributed by atoms with E-state index in [2.05, 4.69) is 25.9 Å². The van der Waals surface area contributed by atoms with Gasteiger partial charge in [0.05, 0.1) is 16.0 Å². The highest BCUT2D eigenvalue weighted by atomic mass is 79.9. The highest BCUT2D eigenvalue weighted by Gasteiger charge is 2.20. The topological polar surface area (TPSA) is 44.2 Å². The molecule has 0 aliphatic carbocycles. The van der Waals surface area contributed by atoms with Crippen LogP contribution in [-0.2, 0) is 4.74 Å². The Labute approximate surface area is 80.9 Å². The molecule has 0 radical (unpaired) electrons. The lowest BCUT2D eigenvalue weighted by Crippen LogP contribution is -2.39. The predicted octanol–water partition coefficient (Wildman–Crippen LogP) is 1.02. The van der Waals surface area contributed by atoms with E-state index in [9.17, 15) is 0 Å². The second-order valence-electron chi connectivity index (χ2n) is 2.31. The molecule has 0 bridgehead atoms. The second kappa shape index (κ2) is 3.37. The van der Waals surface area contributed by atoms with Gasteiger partial charge in [-0.05, 0) is 22.0 Å². The van der Waals surface area contributed by atoms with E-state index in [0.29, 0.717) is 13.2 Å². The third-order valence-corrected chi connectivity index (χ3v) is 1.76. The molecule has 1 aromatic heterocycles. The Bertz CT molecular complexity index is 337. The van der Waals surface area contributed by atoms with Gasteiger partial charge in [0, 0.05) is 6.17 Å². The van der Waals surface area contributed by atoms with Gasteiger partial charge in [0.25, 0.3) is 0 Å². The van der Waals surface area contributed by atoms with Gasteiger partial charge in [0.2, 0.25) is 0 Å². The second-order valence-corrected chi connectivity index (χ2v) is 3.06. The van der Waals surface area contributed by atoms with Crippen LogP contribution in [0.5, 0.6) is 6.01 Å². The van der Waals surface area contributed by atoms with Crippen molar-refractivity contribution < 1.29 is 12.2 Å². The van der Waals surface area contributed by atoms with Crippen molar-refractivity contribution in [1.82, 2.24) is 9.97 Å². The summed E-state index contributed by atoms with van der Waals surface area (Å²) in [6, 6.07) is 0.0772. The molecule has 0 aromatic carbocycles. The summed E-state index contributed by atoms with van der Waals surface area (Å²) in [5, 5.41) is 0. The van der Waals surface area contributed by atoms with Crippen molar-refractivity contribution in [3.8, 4) is 6.01 Å². The maximum absolute atomic E-state index is 7.34. The van der Waals surface area contributed by atoms with Crippen LogP contribution in [0.25, 0.3) is 0 Å². The van der Waals surface area contributed by atoms with Crippen molar-refractivity contribution in [1.29, 1.82) is 0 Å². The zero-order valence-electron chi connectivity index (χ0n) is 8.08. The summed E-state index contributed by atoms with van der Waals surface area (Å²) in [5.74, 6) is 0. The Kier molecular flexibility index (Phi) is 1.65. The lowest BCUT2D eigenvalue weighted by Gasteiger charge is -2.25. The van der Waals surface area contributed by atoms with Crippen molar-refractivity contribution in [3.05, 3.63) is 16.8 Å². The van der Waals surface area contributed by atoms with Gasteiger partial charge in [-0.25, -0.2) is 4.98 Å². The van der Waals surface area contributed by atoms with Crippen LogP contribution < -0.4 is 4.74 Å². The first kappa shape index (κ1) is 5.88. The van der Waals surface area contributed by atoms with Crippen LogP contribution in [-0.4, -0.2) is 29.3 Å². The average molecular weight is 233 g/mol. The molecule has 4 nitrogen and oxygen atoms in total. The van der Waals surface area contributed by atoms with Crippen molar-refractivity contribution in [2.45, 2.75) is 6.10 Å². The van der Waals surface area contributed by atoms with E-state index in [1.54, 1.807) is 0 Å². The quantitative estimate of drug-likeness (QED) is 0.715. The van der Waals surface area contributed by atoms with E-state index in [-0.39, 0.29) is 28.9 Å². The Morgan fingerprint density at radius 2 is 2.58 bits per heavy atom. The lowest BCUT2D eigenvalue weighted by atomic mass is 10.3. The molecule has 0 unspecified atom stereocenters. The number of hydrogen-bond donors (Lipinski definition) is 0. The smallest absolute Gasteiger partial charge is 0.317 e. The number of nitrogens with zero attached hydrogens (tertiary/aromatic N) is 2. The molecule has 64 valence electrons. The molecule has 2 heterocycles. The summed E-state index contributed by atoms with van der Waals surface area (Å²) in [4.78, 5) is 7.59. The van der Waals surface area contributed by atoms with Crippen molar-refractivity contribution in [3.63, 3.8) is 0 Å². The highest BCUT2D eigenvalue weighted by molar-refractivity contribution is 9.10. The number of hydrogen-bond acceptors (Lipinski definition) is 4. The third-order valence-electron chi connectivity index (χ3n) is 1.38. The van der Waals surface area contributed by atoms with E-state index in [0.717, 1.165) is 0 Å². The van der Waals surface area contributed by atoms with E-state index in [1.807, 2.05) is 0 Å². The van der Waals surface area contributed by atoms with E-state index >= 15 is 0 Å². The maximum Gasteiger partial charge on any atom is 0.317 e. The Hall–Kier alpha value is -0.680. The first-order valence-corrected chi connectivity index (χ1v) is 4.21. The molecule has 2 rings (SSSR count). The van der Waals surface area contributed by atoms with Crippen LogP contribution in [0.1, 0.15) is 2.74 Å². The minimum atomic E-state index is -0.151. The van der Waals surface area contributed by atoms with Crippen LogP contribution in [0.15, 0.2) is 16.8 Å². The molecular formula is C7H7BrN2O2. The first-order chi connectivity index (χ1) is 6.66.